The zero-order chi connectivity index (χ0) is 12.3. The highest BCUT2D eigenvalue weighted by atomic mass is 19.1. The Balaban J connectivity index is 3.22. The normalized spacial score (nSPS) is 9.69. The zero-order valence-electron chi connectivity index (χ0n) is 8.86. The second kappa shape index (κ2) is 4.65. The van der Waals surface area contributed by atoms with Crippen LogP contribution in [0.5, 0.6) is 0 Å². The van der Waals surface area contributed by atoms with Crippen molar-refractivity contribution >= 4 is 11.5 Å². The second-order valence-electron chi connectivity index (χ2n) is 3.51. The van der Waals surface area contributed by atoms with Gasteiger partial charge in [-0.05, 0) is 26.0 Å². The molecule has 1 aromatic rings. The van der Waals surface area contributed by atoms with E-state index in [2.05, 4.69) is 0 Å². The maximum Gasteiger partial charge on any atom is 0.270 e. The first-order chi connectivity index (χ1) is 7.41. The summed E-state index contributed by atoms with van der Waals surface area (Å²) in [5, 5.41) is 10.5. The molecular weight excluding hydrogens is 213 g/mol. The SMILES string of the molecule is CC(C)=CC(=O)c1cc([N+](=O)[O-])ccc1F. The molecule has 0 saturated heterocycles. The number of nitrogens with zero attached hydrogens (tertiary/aromatic N) is 1. The van der Waals surface area contributed by atoms with Crippen molar-refractivity contribution in [2.75, 3.05) is 0 Å². The molecule has 0 unspecified atom stereocenters. The van der Waals surface area contributed by atoms with Gasteiger partial charge < -0.3 is 0 Å². The Kier molecular flexibility index (Phi) is 3.50. The number of carbonyl (C=O) groups is 1. The molecule has 0 bridgehead atoms. The third-order valence-electron chi connectivity index (χ3n) is 1.85. The van der Waals surface area contributed by atoms with Gasteiger partial charge in [0.2, 0.25) is 0 Å². The van der Waals surface area contributed by atoms with Crippen LogP contribution in [0.2, 0.25) is 0 Å². The van der Waals surface area contributed by atoms with Gasteiger partial charge in [0, 0.05) is 12.1 Å². The molecule has 84 valence electrons. The summed E-state index contributed by atoms with van der Waals surface area (Å²) < 4.78 is 13.3. The molecule has 0 aliphatic carbocycles. The molecule has 0 amide bonds. The van der Waals surface area contributed by atoms with E-state index in [1.165, 1.54) is 6.08 Å². The zero-order valence-corrected chi connectivity index (χ0v) is 8.86. The van der Waals surface area contributed by atoms with Gasteiger partial charge in [0.1, 0.15) is 5.82 Å². The van der Waals surface area contributed by atoms with Gasteiger partial charge in [-0.15, -0.1) is 0 Å². The summed E-state index contributed by atoms with van der Waals surface area (Å²) in [6.45, 7) is 3.38. The lowest BCUT2D eigenvalue weighted by Gasteiger charge is -1.99. The molecule has 0 radical (unpaired) electrons. The van der Waals surface area contributed by atoms with Crippen LogP contribution in [0.4, 0.5) is 10.1 Å². The van der Waals surface area contributed by atoms with Gasteiger partial charge in [-0.25, -0.2) is 4.39 Å². The monoisotopic (exact) mass is 223 g/mol. The van der Waals surface area contributed by atoms with Crippen LogP contribution in [0.1, 0.15) is 24.2 Å². The predicted molar refractivity (Wildman–Crippen MR) is 56.8 cm³/mol. The first-order valence-corrected chi connectivity index (χ1v) is 4.55. The second-order valence-corrected chi connectivity index (χ2v) is 3.51. The smallest absolute Gasteiger partial charge is 0.270 e. The molecule has 0 N–H and O–H groups in total. The quantitative estimate of drug-likeness (QED) is 0.342. The Hall–Kier alpha value is -2.04. The lowest BCUT2D eigenvalue weighted by molar-refractivity contribution is -0.384. The first kappa shape index (κ1) is 12.0. The van der Waals surface area contributed by atoms with Crippen LogP contribution in [-0.4, -0.2) is 10.7 Å². The van der Waals surface area contributed by atoms with E-state index in [0.29, 0.717) is 5.57 Å². The molecule has 0 spiro atoms. The average molecular weight is 223 g/mol. The maximum atomic E-state index is 13.3. The molecule has 0 atom stereocenters. The lowest BCUT2D eigenvalue weighted by atomic mass is 10.1. The van der Waals surface area contributed by atoms with Crippen molar-refractivity contribution in [1.82, 2.24) is 0 Å². The fourth-order valence-electron chi connectivity index (χ4n) is 1.16. The minimum absolute atomic E-state index is 0.282. The highest BCUT2D eigenvalue weighted by Crippen LogP contribution is 2.17. The summed E-state index contributed by atoms with van der Waals surface area (Å²) in [5.41, 5.74) is 0.123. The van der Waals surface area contributed by atoms with Crippen LogP contribution in [0.15, 0.2) is 29.8 Å². The van der Waals surface area contributed by atoms with Crippen LogP contribution < -0.4 is 0 Å². The van der Waals surface area contributed by atoms with Crippen LogP contribution in [0.3, 0.4) is 0 Å². The Morgan fingerprint density at radius 3 is 2.56 bits per heavy atom. The molecule has 0 aliphatic heterocycles. The number of nitro benzene ring substituents is 1. The van der Waals surface area contributed by atoms with Gasteiger partial charge in [0.15, 0.2) is 5.78 Å². The average Bonchev–Trinajstić information content (AvgIpc) is 2.16. The lowest BCUT2D eigenvalue weighted by Crippen LogP contribution is -2.01. The van der Waals surface area contributed by atoms with Crippen molar-refractivity contribution in [1.29, 1.82) is 0 Å². The summed E-state index contributed by atoms with van der Waals surface area (Å²) in [6, 6.07) is 2.88. The van der Waals surface area contributed by atoms with Gasteiger partial charge in [0.25, 0.3) is 5.69 Å². The number of non-ortho nitro benzene ring substituents is 1. The first-order valence-electron chi connectivity index (χ1n) is 4.55. The van der Waals surface area contributed by atoms with E-state index in [4.69, 9.17) is 0 Å². The van der Waals surface area contributed by atoms with Crippen LogP contribution >= 0.6 is 0 Å². The number of rotatable bonds is 3. The number of carbonyl (C=O) groups excluding carboxylic acids is 1. The number of halogens is 1. The standard InChI is InChI=1S/C11H10FNO3/c1-7(2)5-11(14)9-6-8(13(15)16)3-4-10(9)12/h3-6H,1-2H3. The van der Waals surface area contributed by atoms with E-state index in [-0.39, 0.29) is 11.3 Å². The Bertz CT molecular complexity index is 476. The van der Waals surface area contributed by atoms with E-state index in [0.717, 1.165) is 18.2 Å². The van der Waals surface area contributed by atoms with Crippen LogP contribution in [0.25, 0.3) is 0 Å². The summed E-state index contributed by atoms with van der Waals surface area (Å²) >= 11 is 0. The van der Waals surface area contributed by atoms with E-state index >= 15 is 0 Å². The summed E-state index contributed by atoms with van der Waals surface area (Å²) in [4.78, 5) is 21.3. The van der Waals surface area contributed by atoms with Gasteiger partial charge >= 0.3 is 0 Å². The number of allylic oxidation sites excluding steroid dienone is 2. The van der Waals surface area contributed by atoms with Crippen molar-refractivity contribution in [2.24, 2.45) is 0 Å². The van der Waals surface area contributed by atoms with Crippen molar-refractivity contribution < 1.29 is 14.1 Å². The fraction of sp³-hybridized carbons (Fsp3) is 0.182. The number of hydrogen-bond acceptors (Lipinski definition) is 3. The molecule has 0 aromatic heterocycles. The van der Waals surface area contributed by atoms with Crippen molar-refractivity contribution in [3.8, 4) is 0 Å². The van der Waals surface area contributed by atoms with E-state index in [1.807, 2.05) is 0 Å². The molecule has 0 aliphatic rings. The van der Waals surface area contributed by atoms with Crippen molar-refractivity contribution in [2.45, 2.75) is 13.8 Å². The van der Waals surface area contributed by atoms with Gasteiger partial charge in [-0.1, -0.05) is 5.57 Å². The molecular formula is C11H10FNO3. The molecule has 4 nitrogen and oxygen atoms in total. The van der Waals surface area contributed by atoms with Gasteiger partial charge in [-0.2, -0.15) is 0 Å². The molecule has 16 heavy (non-hydrogen) atoms. The van der Waals surface area contributed by atoms with Gasteiger partial charge in [-0.3, -0.25) is 14.9 Å². The van der Waals surface area contributed by atoms with E-state index in [1.54, 1.807) is 13.8 Å². The molecule has 0 saturated carbocycles. The Labute approximate surface area is 91.5 Å². The Morgan fingerprint density at radius 2 is 2.06 bits per heavy atom. The molecule has 0 fully saturated rings. The maximum absolute atomic E-state index is 13.3. The third kappa shape index (κ3) is 2.73. The molecule has 0 heterocycles. The van der Waals surface area contributed by atoms with E-state index in [9.17, 15) is 19.3 Å². The molecule has 5 heteroatoms. The number of ketones is 1. The largest absolute Gasteiger partial charge is 0.289 e. The molecule has 1 aromatic carbocycles. The highest BCUT2D eigenvalue weighted by molar-refractivity contribution is 6.05. The Morgan fingerprint density at radius 1 is 1.44 bits per heavy atom. The van der Waals surface area contributed by atoms with Crippen molar-refractivity contribution in [3.63, 3.8) is 0 Å². The summed E-state index contributed by atoms with van der Waals surface area (Å²) in [6.07, 6.45) is 1.24. The summed E-state index contributed by atoms with van der Waals surface area (Å²) in [5.74, 6) is -1.32. The highest BCUT2D eigenvalue weighted by Gasteiger charge is 2.15. The van der Waals surface area contributed by atoms with E-state index < -0.39 is 16.5 Å². The van der Waals surface area contributed by atoms with Gasteiger partial charge in [0.05, 0.1) is 10.5 Å². The number of hydrogen-bond donors (Lipinski definition) is 0. The number of nitro groups is 1. The number of benzene rings is 1. The predicted octanol–water partition coefficient (Wildman–Crippen LogP) is 2.88. The van der Waals surface area contributed by atoms with Crippen molar-refractivity contribution in [3.05, 3.63) is 51.3 Å². The fourth-order valence-corrected chi connectivity index (χ4v) is 1.16. The topological polar surface area (TPSA) is 60.2 Å². The third-order valence-corrected chi connectivity index (χ3v) is 1.85. The minimum Gasteiger partial charge on any atom is -0.289 e. The molecule has 1 rings (SSSR count). The van der Waals surface area contributed by atoms with Crippen LogP contribution in [-0.2, 0) is 0 Å². The minimum atomic E-state index is -0.756. The summed E-state index contributed by atoms with van der Waals surface area (Å²) in [7, 11) is 0. The van der Waals surface area contributed by atoms with Crippen LogP contribution in [0, 0.1) is 15.9 Å².